The fraction of sp³-hybridized carbons (Fsp3) is 0.375. The predicted molar refractivity (Wildman–Crippen MR) is 91.1 cm³/mol. The molecule has 0 unspecified atom stereocenters. The van der Waals surface area contributed by atoms with Crippen molar-refractivity contribution in [3.05, 3.63) is 46.4 Å². The van der Waals surface area contributed by atoms with Gasteiger partial charge in [0, 0.05) is 10.5 Å². The lowest BCUT2D eigenvalue weighted by atomic mass is 10.0. The molecule has 0 aromatic heterocycles. The standard InChI is InChI=1S/C16H20BrNOS/c1-11(18-20(19)16(2,3)4)12-9-10-15(17)14-8-6-5-7-13(12)14/h5-11,18H,1-4H3/t11-,20+/m1/s1. The van der Waals surface area contributed by atoms with Gasteiger partial charge in [-0.05, 0) is 50.1 Å². The van der Waals surface area contributed by atoms with Crippen molar-refractivity contribution in [2.45, 2.75) is 38.5 Å². The number of rotatable bonds is 3. The molecule has 2 aromatic carbocycles. The van der Waals surface area contributed by atoms with Gasteiger partial charge in [-0.2, -0.15) is 0 Å². The number of hydrogen-bond acceptors (Lipinski definition) is 1. The van der Waals surface area contributed by atoms with Gasteiger partial charge in [0.25, 0.3) is 0 Å². The maximum absolute atomic E-state index is 12.2. The van der Waals surface area contributed by atoms with Crippen LogP contribution >= 0.6 is 15.9 Å². The first kappa shape index (κ1) is 15.7. The van der Waals surface area contributed by atoms with Crippen molar-refractivity contribution < 1.29 is 4.21 Å². The zero-order valence-corrected chi connectivity index (χ0v) is 14.6. The highest BCUT2D eigenvalue weighted by molar-refractivity contribution is 9.10. The highest BCUT2D eigenvalue weighted by Gasteiger charge is 2.22. The summed E-state index contributed by atoms with van der Waals surface area (Å²) in [5.74, 6) is 0. The third-order valence-electron chi connectivity index (χ3n) is 3.21. The van der Waals surface area contributed by atoms with E-state index in [0.29, 0.717) is 0 Å². The van der Waals surface area contributed by atoms with Crippen molar-refractivity contribution >= 4 is 37.7 Å². The van der Waals surface area contributed by atoms with Gasteiger partial charge in [-0.25, -0.2) is 8.93 Å². The fourth-order valence-electron chi connectivity index (χ4n) is 2.06. The van der Waals surface area contributed by atoms with Gasteiger partial charge >= 0.3 is 0 Å². The average molecular weight is 354 g/mol. The molecule has 0 spiro atoms. The van der Waals surface area contributed by atoms with Crippen LogP contribution in [0.3, 0.4) is 0 Å². The van der Waals surface area contributed by atoms with Gasteiger partial charge in [-0.1, -0.05) is 46.3 Å². The van der Waals surface area contributed by atoms with Crippen LogP contribution in [0.2, 0.25) is 0 Å². The predicted octanol–water partition coefficient (Wildman–Crippen LogP) is 4.72. The third kappa shape index (κ3) is 3.30. The van der Waals surface area contributed by atoms with E-state index in [1.165, 1.54) is 16.3 Å². The van der Waals surface area contributed by atoms with Crippen LogP contribution in [0, 0.1) is 0 Å². The normalized spacial score (nSPS) is 15.2. The van der Waals surface area contributed by atoms with Gasteiger partial charge in [-0.15, -0.1) is 0 Å². The number of halogens is 1. The molecule has 0 aliphatic heterocycles. The van der Waals surface area contributed by atoms with Crippen LogP contribution < -0.4 is 4.72 Å². The molecule has 2 nitrogen and oxygen atoms in total. The minimum atomic E-state index is -1.08. The van der Waals surface area contributed by atoms with E-state index in [1.54, 1.807) is 0 Å². The van der Waals surface area contributed by atoms with E-state index in [2.05, 4.69) is 51.8 Å². The Bertz CT molecular complexity index is 648. The highest BCUT2D eigenvalue weighted by Crippen LogP contribution is 2.30. The van der Waals surface area contributed by atoms with Crippen LogP contribution in [-0.2, 0) is 11.0 Å². The maximum Gasteiger partial charge on any atom is 0.0975 e. The number of fused-ring (bicyclic) bond motifs is 1. The second-order valence-corrected chi connectivity index (χ2v) is 8.76. The molecule has 0 saturated heterocycles. The first-order chi connectivity index (χ1) is 9.30. The SMILES string of the molecule is C[C@@H](N[S@@](=O)C(C)(C)C)c1ccc(Br)c2ccccc12. The minimum Gasteiger partial charge on any atom is -0.242 e. The Morgan fingerprint density at radius 3 is 2.30 bits per heavy atom. The Kier molecular flexibility index (Phi) is 4.67. The van der Waals surface area contributed by atoms with Crippen molar-refractivity contribution in [1.29, 1.82) is 0 Å². The minimum absolute atomic E-state index is 0.0352. The first-order valence-corrected chi connectivity index (χ1v) is 8.60. The quantitative estimate of drug-likeness (QED) is 0.849. The van der Waals surface area contributed by atoms with E-state index in [4.69, 9.17) is 0 Å². The van der Waals surface area contributed by atoms with Gasteiger partial charge in [0.2, 0.25) is 0 Å². The molecule has 0 aliphatic rings. The molecule has 2 rings (SSSR count). The second kappa shape index (κ2) is 5.96. The maximum atomic E-state index is 12.2. The van der Waals surface area contributed by atoms with E-state index in [0.717, 1.165) is 4.47 Å². The second-order valence-electron chi connectivity index (χ2n) is 5.90. The summed E-state index contributed by atoms with van der Waals surface area (Å²) in [5.41, 5.74) is 1.17. The summed E-state index contributed by atoms with van der Waals surface area (Å²) in [6.07, 6.45) is 0. The molecular weight excluding hydrogens is 334 g/mol. The van der Waals surface area contributed by atoms with Crippen LogP contribution in [0.15, 0.2) is 40.9 Å². The van der Waals surface area contributed by atoms with Crippen LogP contribution in [0.4, 0.5) is 0 Å². The Morgan fingerprint density at radius 1 is 1.10 bits per heavy atom. The fourth-order valence-corrected chi connectivity index (χ4v) is 3.34. The zero-order valence-electron chi connectivity index (χ0n) is 12.2. The number of hydrogen-bond donors (Lipinski definition) is 1. The summed E-state index contributed by atoms with van der Waals surface area (Å²) in [4.78, 5) is 0. The number of benzene rings is 2. The Balaban J connectivity index is 2.38. The van der Waals surface area contributed by atoms with Crippen molar-refractivity contribution in [2.24, 2.45) is 0 Å². The molecule has 0 saturated carbocycles. The van der Waals surface area contributed by atoms with Crippen molar-refractivity contribution in [2.75, 3.05) is 0 Å². The summed E-state index contributed by atoms with van der Waals surface area (Å²) >= 11 is 3.58. The van der Waals surface area contributed by atoms with E-state index in [-0.39, 0.29) is 10.8 Å². The molecule has 0 heterocycles. The topological polar surface area (TPSA) is 29.1 Å². The van der Waals surface area contributed by atoms with Gasteiger partial charge in [0.15, 0.2) is 0 Å². The van der Waals surface area contributed by atoms with Gasteiger partial charge in [0.1, 0.15) is 0 Å². The zero-order chi connectivity index (χ0) is 14.9. The van der Waals surface area contributed by atoms with Gasteiger partial charge in [0.05, 0.1) is 15.7 Å². The lowest BCUT2D eigenvalue weighted by molar-refractivity contribution is 0.617. The number of nitrogens with one attached hydrogen (secondary N) is 1. The smallest absolute Gasteiger partial charge is 0.0975 e. The molecule has 0 aliphatic carbocycles. The molecule has 2 atom stereocenters. The molecular formula is C16H20BrNOS. The summed E-state index contributed by atoms with van der Waals surface area (Å²) in [6, 6.07) is 12.4. The van der Waals surface area contributed by atoms with Gasteiger partial charge in [-0.3, -0.25) is 0 Å². The first-order valence-electron chi connectivity index (χ1n) is 6.66. The summed E-state index contributed by atoms with van der Waals surface area (Å²) < 4.78 is 16.3. The van der Waals surface area contributed by atoms with Crippen LogP contribution in [-0.4, -0.2) is 8.96 Å². The lowest BCUT2D eigenvalue weighted by Gasteiger charge is -2.23. The monoisotopic (exact) mass is 353 g/mol. The molecule has 0 amide bonds. The van der Waals surface area contributed by atoms with E-state index < -0.39 is 11.0 Å². The molecule has 0 fully saturated rings. The van der Waals surface area contributed by atoms with E-state index in [9.17, 15) is 4.21 Å². The van der Waals surface area contributed by atoms with E-state index in [1.807, 2.05) is 32.9 Å². The molecule has 20 heavy (non-hydrogen) atoms. The Hall–Kier alpha value is -0.710. The third-order valence-corrected chi connectivity index (χ3v) is 5.58. The Morgan fingerprint density at radius 2 is 1.70 bits per heavy atom. The molecule has 0 radical (unpaired) electrons. The molecule has 4 heteroatoms. The van der Waals surface area contributed by atoms with Crippen LogP contribution in [0.1, 0.15) is 39.3 Å². The largest absolute Gasteiger partial charge is 0.242 e. The molecule has 108 valence electrons. The van der Waals surface area contributed by atoms with Crippen molar-refractivity contribution in [3.8, 4) is 0 Å². The summed E-state index contributed by atoms with van der Waals surface area (Å²) in [7, 11) is -1.08. The average Bonchev–Trinajstić information content (AvgIpc) is 2.38. The molecule has 2 aromatic rings. The lowest BCUT2D eigenvalue weighted by Crippen LogP contribution is -2.34. The summed E-state index contributed by atoms with van der Waals surface area (Å²) in [5, 5.41) is 2.37. The summed E-state index contributed by atoms with van der Waals surface area (Å²) in [6.45, 7) is 7.98. The van der Waals surface area contributed by atoms with Gasteiger partial charge < -0.3 is 0 Å². The molecule has 1 N–H and O–H groups in total. The molecule has 0 bridgehead atoms. The van der Waals surface area contributed by atoms with Crippen LogP contribution in [0.25, 0.3) is 10.8 Å². The van der Waals surface area contributed by atoms with Crippen LogP contribution in [0.5, 0.6) is 0 Å². The Labute approximate surface area is 131 Å². The van der Waals surface area contributed by atoms with Crippen molar-refractivity contribution in [1.82, 2.24) is 4.72 Å². The van der Waals surface area contributed by atoms with E-state index >= 15 is 0 Å². The highest BCUT2D eigenvalue weighted by atomic mass is 79.9. The van der Waals surface area contributed by atoms with Crippen molar-refractivity contribution in [3.63, 3.8) is 0 Å².